The van der Waals surface area contributed by atoms with Crippen molar-refractivity contribution in [3.05, 3.63) is 0 Å². The van der Waals surface area contributed by atoms with Crippen LogP contribution in [0.2, 0.25) is 0 Å². The molecule has 7 atom stereocenters. The third-order valence-electron chi connectivity index (χ3n) is 3.59. The van der Waals surface area contributed by atoms with E-state index in [-0.39, 0.29) is 0 Å². The lowest BCUT2D eigenvalue weighted by molar-refractivity contribution is -0.428. The number of fused-ring (bicyclic) bond motifs is 1. The molecule has 18 heavy (non-hydrogen) atoms. The molecular weight excluding hydrogens is 275 g/mol. The van der Waals surface area contributed by atoms with E-state index in [2.05, 4.69) is 13.6 Å². The zero-order chi connectivity index (χ0) is 13.6. The molecule has 3 aliphatic rings. The van der Waals surface area contributed by atoms with Gasteiger partial charge in [0.15, 0.2) is 5.60 Å². The molecule has 3 fully saturated rings. The maximum atomic E-state index is 11.8. The highest BCUT2D eigenvalue weighted by Crippen LogP contribution is 2.77. The van der Waals surface area contributed by atoms with Gasteiger partial charge in [-0.25, -0.2) is 13.6 Å². The fourth-order valence-corrected chi connectivity index (χ4v) is 4.56. The Morgan fingerprint density at radius 2 is 1.67 bits per heavy atom. The smallest absolute Gasteiger partial charge is 0.393 e. The molecule has 1 unspecified atom stereocenters. The maximum Gasteiger partial charge on any atom is 0.481 e. The van der Waals surface area contributed by atoms with Gasteiger partial charge < -0.3 is 30.6 Å². The molecule has 3 rings (SSSR count). The number of aliphatic hydroxyl groups excluding tert-OH is 4. The van der Waals surface area contributed by atoms with Gasteiger partial charge in [0.25, 0.3) is 11.6 Å². The highest BCUT2D eigenvalue weighted by atomic mass is 31.2. The summed E-state index contributed by atoms with van der Waals surface area (Å²) in [4.78, 5) is 0. The van der Waals surface area contributed by atoms with Gasteiger partial charge in [-0.1, -0.05) is 0 Å². The van der Waals surface area contributed by atoms with Crippen LogP contribution in [-0.2, 0) is 18.1 Å². The summed E-state index contributed by atoms with van der Waals surface area (Å²) in [5.41, 5.74) is -2.48. The number of phosphoric acid groups is 1. The first-order chi connectivity index (χ1) is 8.16. The van der Waals surface area contributed by atoms with Crippen LogP contribution in [0.5, 0.6) is 0 Å². The average molecular weight is 286 g/mol. The molecule has 2 heterocycles. The zero-order valence-electron chi connectivity index (χ0n) is 8.70. The highest BCUT2D eigenvalue weighted by Gasteiger charge is 2.90. The van der Waals surface area contributed by atoms with E-state index >= 15 is 0 Å². The molecule has 2 saturated heterocycles. The summed E-state index contributed by atoms with van der Waals surface area (Å²) in [5.74, 6) is -5.95. The maximum absolute atomic E-state index is 11.8. The van der Waals surface area contributed by atoms with Crippen LogP contribution in [0.1, 0.15) is 0 Å². The minimum atomic E-state index is -4.46. The number of phosphoric ester groups is 1. The molecule has 0 aromatic heterocycles. The lowest BCUT2D eigenvalue weighted by Gasteiger charge is -2.54. The van der Waals surface area contributed by atoms with Gasteiger partial charge in [0.2, 0.25) is 0 Å². The van der Waals surface area contributed by atoms with Crippen LogP contribution in [-0.4, -0.2) is 72.7 Å². The Hall–Kier alpha value is -0.130. The van der Waals surface area contributed by atoms with Crippen molar-refractivity contribution < 1.29 is 48.8 Å². The summed E-state index contributed by atoms with van der Waals surface area (Å²) in [6.45, 7) is -1.13. The Morgan fingerprint density at radius 3 is 2.17 bits per heavy atom. The van der Waals surface area contributed by atoms with Crippen LogP contribution >= 0.6 is 7.82 Å². The number of aliphatic hydroxyl groups is 6. The molecule has 1 aliphatic carbocycles. The first-order valence-electron chi connectivity index (χ1n) is 4.98. The lowest BCUT2D eigenvalue weighted by Crippen LogP contribution is -2.83. The molecule has 1 saturated carbocycles. The van der Waals surface area contributed by atoms with Crippen LogP contribution < -0.4 is 0 Å². The molecule has 0 aromatic carbocycles. The van der Waals surface area contributed by atoms with E-state index in [1.54, 1.807) is 0 Å². The summed E-state index contributed by atoms with van der Waals surface area (Å²) in [7, 11) is -4.46. The van der Waals surface area contributed by atoms with E-state index in [9.17, 15) is 35.2 Å². The molecular formula is C7H11O10P. The van der Waals surface area contributed by atoms with E-state index in [1.807, 2.05) is 0 Å². The topological polar surface area (TPSA) is 166 Å². The van der Waals surface area contributed by atoms with Crippen LogP contribution in [0.25, 0.3) is 0 Å². The molecule has 104 valence electrons. The number of rotatable bonds is 1. The second-order valence-corrected chi connectivity index (χ2v) is 5.93. The predicted octanol–water partition coefficient (Wildman–Crippen LogP) is -3.62. The molecule has 0 spiro atoms. The number of hydrogen-bond donors (Lipinski definition) is 6. The zero-order valence-corrected chi connectivity index (χ0v) is 9.60. The minimum Gasteiger partial charge on any atom is -0.393 e. The van der Waals surface area contributed by atoms with Crippen molar-refractivity contribution in [2.24, 2.45) is 0 Å². The van der Waals surface area contributed by atoms with Crippen molar-refractivity contribution in [3.8, 4) is 0 Å². The number of hydrogen-bond acceptors (Lipinski definition) is 10. The summed E-state index contributed by atoms with van der Waals surface area (Å²) >= 11 is 0. The Morgan fingerprint density at radius 1 is 1.06 bits per heavy atom. The molecule has 10 nitrogen and oxygen atoms in total. The Labute approximate surface area is 99.6 Å². The van der Waals surface area contributed by atoms with Gasteiger partial charge in [0.1, 0.15) is 18.3 Å². The predicted molar refractivity (Wildman–Crippen MR) is 48.6 cm³/mol. The van der Waals surface area contributed by atoms with Gasteiger partial charge in [-0.15, -0.1) is 0 Å². The van der Waals surface area contributed by atoms with Crippen molar-refractivity contribution in [1.29, 1.82) is 0 Å². The van der Waals surface area contributed by atoms with Crippen LogP contribution in [0, 0.1) is 0 Å². The quantitative estimate of drug-likeness (QED) is 0.265. The highest BCUT2D eigenvalue weighted by molar-refractivity contribution is 7.49. The Bertz CT molecular complexity index is 456. The van der Waals surface area contributed by atoms with Gasteiger partial charge in [0, 0.05) is 0 Å². The van der Waals surface area contributed by atoms with E-state index in [1.165, 1.54) is 0 Å². The normalized spacial score (nSPS) is 66.4. The summed E-state index contributed by atoms with van der Waals surface area (Å²) in [6, 6.07) is 0. The van der Waals surface area contributed by atoms with Gasteiger partial charge in [-0.3, -0.25) is 4.52 Å². The molecule has 2 bridgehead atoms. The van der Waals surface area contributed by atoms with Crippen molar-refractivity contribution in [2.75, 3.05) is 6.61 Å². The van der Waals surface area contributed by atoms with E-state index in [4.69, 9.17) is 0 Å². The fourth-order valence-electron chi connectivity index (χ4n) is 2.58. The molecule has 0 radical (unpaired) electrons. The van der Waals surface area contributed by atoms with Crippen molar-refractivity contribution in [2.45, 2.75) is 35.5 Å². The van der Waals surface area contributed by atoms with Crippen LogP contribution in [0.3, 0.4) is 0 Å². The van der Waals surface area contributed by atoms with Crippen molar-refractivity contribution in [1.82, 2.24) is 0 Å². The SMILES string of the molecule is O=P12O[C@@]3(O)[C@@](O)(O1)[C@@H](O)[C@H](O)[C@H](O)[C@]3(CO)O2. The second kappa shape index (κ2) is 3.13. The van der Waals surface area contributed by atoms with Crippen LogP contribution in [0.4, 0.5) is 0 Å². The molecule has 6 N–H and O–H groups in total. The fraction of sp³-hybridized carbons (Fsp3) is 1.00. The summed E-state index contributed by atoms with van der Waals surface area (Å²) in [6.07, 6.45) is -6.28. The largest absolute Gasteiger partial charge is 0.481 e. The van der Waals surface area contributed by atoms with Gasteiger partial charge >= 0.3 is 7.82 Å². The molecule has 11 heteroatoms. The molecule has 0 aromatic rings. The Kier molecular flexibility index (Phi) is 2.24. The molecule has 0 amide bonds. The summed E-state index contributed by atoms with van der Waals surface area (Å²) < 4.78 is 25.5. The van der Waals surface area contributed by atoms with Crippen molar-refractivity contribution in [3.63, 3.8) is 0 Å². The van der Waals surface area contributed by atoms with E-state index in [0.29, 0.717) is 0 Å². The van der Waals surface area contributed by atoms with Gasteiger partial charge in [-0.2, -0.15) is 0 Å². The monoisotopic (exact) mass is 286 g/mol. The molecule has 2 aliphatic heterocycles. The Balaban J connectivity index is 2.24. The standard InChI is InChI=1S/C7H11O10P/c8-1-5-3(10)2(9)4(11)6(12)7(5,13)17-18(14,15-5)16-6/h2-4,8-13H,1H2/t2-,3+,4+,5+,6+,7-,18?/m1/s1. The van der Waals surface area contributed by atoms with E-state index in [0.717, 1.165) is 0 Å². The third-order valence-corrected chi connectivity index (χ3v) is 5.13. The van der Waals surface area contributed by atoms with Gasteiger partial charge in [0.05, 0.1) is 6.61 Å². The van der Waals surface area contributed by atoms with E-state index < -0.39 is 49.9 Å². The average Bonchev–Trinajstić information content (AvgIpc) is 2.66. The first kappa shape index (κ1) is 12.9. The lowest BCUT2D eigenvalue weighted by atomic mass is 9.70. The van der Waals surface area contributed by atoms with Crippen molar-refractivity contribution >= 4 is 7.82 Å². The van der Waals surface area contributed by atoms with Gasteiger partial charge in [-0.05, 0) is 0 Å². The minimum absolute atomic E-state index is 1.13. The second-order valence-electron chi connectivity index (χ2n) is 4.49. The summed E-state index contributed by atoms with van der Waals surface area (Å²) in [5, 5.41) is 58.4. The van der Waals surface area contributed by atoms with Crippen LogP contribution in [0.15, 0.2) is 0 Å². The first-order valence-corrected chi connectivity index (χ1v) is 6.44. The third kappa shape index (κ3) is 1.01.